The highest BCUT2D eigenvalue weighted by Crippen LogP contribution is 2.29. The van der Waals surface area contributed by atoms with Gasteiger partial charge in [-0.2, -0.15) is 0 Å². The molecule has 0 saturated carbocycles. The summed E-state index contributed by atoms with van der Waals surface area (Å²) in [6.45, 7) is 6.85. The van der Waals surface area contributed by atoms with Crippen molar-refractivity contribution in [2.45, 2.75) is 19.8 Å². The second kappa shape index (κ2) is 3.51. The zero-order valence-corrected chi connectivity index (χ0v) is 8.38. The predicted octanol–water partition coefficient (Wildman–Crippen LogP) is 2.32. The fourth-order valence-electron chi connectivity index (χ4n) is 2.23. The molecule has 0 spiro atoms. The van der Waals surface area contributed by atoms with Crippen molar-refractivity contribution in [3.8, 4) is 0 Å². The summed E-state index contributed by atoms with van der Waals surface area (Å²) in [5, 5.41) is 3.45. The second-order valence-electron chi connectivity index (χ2n) is 4.10. The fraction of sp³-hybridized carbons (Fsp3) is 0.500. The molecule has 1 aromatic carbocycles. The minimum absolute atomic E-state index is 0.723. The molecule has 0 radical (unpaired) electrons. The Labute approximate surface area is 80.2 Å². The maximum absolute atomic E-state index is 3.45. The van der Waals surface area contributed by atoms with Gasteiger partial charge in [-0.15, -0.1) is 0 Å². The van der Waals surface area contributed by atoms with Crippen molar-refractivity contribution in [2.75, 3.05) is 13.1 Å². The lowest BCUT2D eigenvalue weighted by atomic mass is 9.88. The molecule has 1 fully saturated rings. The van der Waals surface area contributed by atoms with Crippen molar-refractivity contribution in [1.82, 2.24) is 5.32 Å². The summed E-state index contributed by atoms with van der Waals surface area (Å²) in [6, 6.07) is 8.74. The van der Waals surface area contributed by atoms with Crippen LogP contribution >= 0.6 is 0 Å². The average Bonchev–Trinajstić information content (AvgIpc) is 2.52. The number of nitrogens with one attached hydrogen (secondary N) is 1. The SMILES string of the molecule is Cc1ccccc1C1CNCC1C. The van der Waals surface area contributed by atoms with Crippen molar-refractivity contribution < 1.29 is 0 Å². The first-order valence-electron chi connectivity index (χ1n) is 5.05. The maximum Gasteiger partial charge on any atom is 0.00234 e. The normalized spacial score (nSPS) is 27.8. The standard InChI is InChI=1S/C12H17N/c1-9-5-3-4-6-11(9)12-8-13-7-10(12)2/h3-6,10,12-13H,7-8H2,1-2H3. The van der Waals surface area contributed by atoms with Gasteiger partial charge in [0.15, 0.2) is 0 Å². The van der Waals surface area contributed by atoms with Crippen LogP contribution in [0, 0.1) is 12.8 Å². The van der Waals surface area contributed by atoms with E-state index < -0.39 is 0 Å². The Kier molecular flexibility index (Phi) is 2.36. The summed E-state index contributed by atoms with van der Waals surface area (Å²) in [7, 11) is 0. The van der Waals surface area contributed by atoms with Crippen LogP contribution in [0.5, 0.6) is 0 Å². The zero-order valence-electron chi connectivity index (χ0n) is 8.38. The van der Waals surface area contributed by atoms with Gasteiger partial charge in [-0.3, -0.25) is 0 Å². The van der Waals surface area contributed by atoms with E-state index in [-0.39, 0.29) is 0 Å². The zero-order chi connectivity index (χ0) is 9.26. The van der Waals surface area contributed by atoms with E-state index in [1.807, 2.05) is 0 Å². The Morgan fingerprint density at radius 3 is 2.62 bits per heavy atom. The van der Waals surface area contributed by atoms with E-state index in [1.165, 1.54) is 17.7 Å². The molecule has 1 aromatic rings. The third-order valence-electron chi connectivity index (χ3n) is 3.11. The lowest BCUT2D eigenvalue weighted by Gasteiger charge is -2.16. The third kappa shape index (κ3) is 1.61. The van der Waals surface area contributed by atoms with Gasteiger partial charge < -0.3 is 5.32 Å². The Balaban J connectivity index is 2.29. The third-order valence-corrected chi connectivity index (χ3v) is 3.11. The van der Waals surface area contributed by atoms with Crippen LogP contribution in [0.2, 0.25) is 0 Å². The highest BCUT2D eigenvalue weighted by Gasteiger charge is 2.25. The van der Waals surface area contributed by atoms with Crippen LogP contribution in [0.4, 0.5) is 0 Å². The van der Waals surface area contributed by atoms with Crippen molar-refractivity contribution in [3.63, 3.8) is 0 Å². The molecule has 1 aliphatic rings. The van der Waals surface area contributed by atoms with Crippen LogP contribution in [0.3, 0.4) is 0 Å². The monoisotopic (exact) mass is 175 g/mol. The molecule has 1 N–H and O–H groups in total. The molecule has 2 rings (SSSR count). The van der Waals surface area contributed by atoms with Gasteiger partial charge in [0.05, 0.1) is 0 Å². The summed E-state index contributed by atoms with van der Waals surface area (Å²) in [4.78, 5) is 0. The number of benzene rings is 1. The van der Waals surface area contributed by atoms with E-state index >= 15 is 0 Å². The van der Waals surface area contributed by atoms with Crippen LogP contribution in [-0.2, 0) is 0 Å². The molecule has 1 saturated heterocycles. The van der Waals surface area contributed by atoms with E-state index in [9.17, 15) is 0 Å². The van der Waals surface area contributed by atoms with Crippen LogP contribution < -0.4 is 5.32 Å². The van der Waals surface area contributed by atoms with Crippen molar-refractivity contribution in [3.05, 3.63) is 35.4 Å². The van der Waals surface area contributed by atoms with E-state index in [0.717, 1.165) is 18.4 Å². The Bertz CT molecular complexity index is 293. The summed E-state index contributed by atoms with van der Waals surface area (Å²) in [5.41, 5.74) is 2.96. The summed E-state index contributed by atoms with van der Waals surface area (Å²) in [6.07, 6.45) is 0. The lowest BCUT2D eigenvalue weighted by molar-refractivity contribution is 0.570. The van der Waals surface area contributed by atoms with Crippen LogP contribution in [0.1, 0.15) is 24.0 Å². The van der Waals surface area contributed by atoms with Gasteiger partial charge in [0.2, 0.25) is 0 Å². The van der Waals surface area contributed by atoms with Gasteiger partial charge in [0.1, 0.15) is 0 Å². The molecule has 70 valence electrons. The molecule has 2 atom stereocenters. The molecule has 0 bridgehead atoms. The summed E-state index contributed by atoms with van der Waals surface area (Å²) < 4.78 is 0. The van der Waals surface area contributed by atoms with Crippen molar-refractivity contribution >= 4 is 0 Å². The number of aryl methyl sites for hydroxylation is 1. The molecule has 13 heavy (non-hydrogen) atoms. The largest absolute Gasteiger partial charge is 0.316 e. The first-order chi connectivity index (χ1) is 6.29. The molecule has 1 heteroatoms. The lowest BCUT2D eigenvalue weighted by Crippen LogP contribution is -2.09. The minimum atomic E-state index is 0.723. The highest BCUT2D eigenvalue weighted by molar-refractivity contribution is 5.30. The Morgan fingerprint density at radius 2 is 2.00 bits per heavy atom. The molecule has 0 aromatic heterocycles. The molecule has 0 aliphatic carbocycles. The van der Waals surface area contributed by atoms with E-state index in [1.54, 1.807) is 0 Å². The molecule has 1 heterocycles. The Morgan fingerprint density at radius 1 is 1.23 bits per heavy atom. The molecule has 0 amide bonds. The average molecular weight is 175 g/mol. The van der Waals surface area contributed by atoms with Gasteiger partial charge in [0, 0.05) is 12.5 Å². The van der Waals surface area contributed by atoms with Gasteiger partial charge >= 0.3 is 0 Å². The maximum atomic E-state index is 3.45. The molecule has 1 nitrogen and oxygen atoms in total. The molecular weight excluding hydrogens is 158 g/mol. The van der Waals surface area contributed by atoms with E-state index in [4.69, 9.17) is 0 Å². The fourth-order valence-corrected chi connectivity index (χ4v) is 2.23. The summed E-state index contributed by atoms with van der Waals surface area (Å²) in [5.74, 6) is 1.50. The molecule has 1 aliphatic heterocycles. The van der Waals surface area contributed by atoms with Gasteiger partial charge in [0.25, 0.3) is 0 Å². The molecular formula is C12H17N. The Hall–Kier alpha value is -0.820. The first-order valence-corrected chi connectivity index (χ1v) is 5.05. The van der Waals surface area contributed by atoms with E-state index in [0.29, 0.717) is 0 Å². The smallest absolute Gasteiger partial charge is 0.00234 e. The van der Waals surface area contributed by atoms with Gasteiger partial charge in [-0.05, 0) is 30.5 Å². The quantitative estimate of drug-likeness (QED) is 0.690. The van der Waals surface area contributed by atoms with Gasteiger partial charge in [-0.1, -0.05) is 31.2 Å². The minimum Gasteiger partial charge on any atom is -0.316 e. The number of hydrogen-bond donors (Lipinski definition) is 1. The van der Waals surface area contributed by atoms with Crippen LogP contribution in [0.25, 0.3) is 0 Å². The van der Waals surface area contributed by atoms with Gasteiger partial charge in [-0.25, -0.2) is 0 Å². The number of rotatable bonds is 1. The predicted molar refractivity (Wildman–Crippen MR) is 56.0 cm³/mol. The van der Waals surface area contributed by atoms with E-state index in [2.05, 4.69) is 43.4 Å². The topological polar surface area (TPSA) is 12.0 Å². The second-order valence-corrected chi connectivity index (χ2v) is 4.10. The number of hydrogen-bond acceptors (Lipinski definition) is 1. The van der Waals surface area contributed by atoms with Crippen LogP contribution in [-0.4, -0.2) is 13.1 Å². The van der Waals surface area contributed by atoms with Crippen molar-refractivity contribution in [2.24, 2.45) is 5.92 Å². The summed E-state index contributed by atoms with van der Waals surface area (Å²) >= 11 is 0. The van der Waals surface area contributed by atoms with Crippen molar-refractivity contribution in [1.29, 1.82) is 0 Å². The van der Waals surface area contributed by atoms with Crippen LogP contribution in [0.15, 0.2) is 24.3 Å². The first kappa shape index (κ1) is 8.76. The highest BCUT2D eigenvalue weighted by atomic mass is 14.9. The molecule has 2 unspecified atom stereocenters.